The van der Waals surface area contributed by atoms with Gasteiger partial charge in [-0.15, -0.1) is 0 Å². The van der Waals surface area contributed by atoms with E-state index in [2.05, 4.69) is 6.58 Å². The highest BCUT2D eigenvalue weighted by Gasteiger charge is 2.07. The second-order valence-electron chi connectivity index (χ2n) is 2.73. The maximum absolute atomic E-state index is 5.71. The van der Waals surface area contributed by atoms with Crippen LogP contribution in [-0.4, -0.2) is 19.3 Å². The van der Waals surface area contributed by atoms with Crippen molar-refractivity contribution < 1.29 is 4.74 Å². The third-order valence-corrected chi connectivity index (χ3v) is 1.62. The first-order valence-corrected chi connectivity index (χ1v) is 3.51. The minimum atomic E-state index is 0.0787. The maximum atomic E-state index is 5.71. The van der Waals surface area contributed by atoms with Gasteiger partial charge in [-0.2, -0.15) is 0 Å². The van der Waals surface area contributed by atoms with E-state index in [4.69, 9.17) is 10.5 Å². The Labute approximate surface area is 63.1 Å². The zero-order valence-electron chi connectivity index (χ0n) is 7.05. The zero-order valence-corrected chi connectivity index (χ0v) is 7.05. The van der Waals surface area contributed by atoms with Crippen LogP contribution in [0.5, 0.6) is 0 Å². The second-order valence-corrected chi connectivity index (χ2v) is 2.73. The van der Waals surface area contributed by atoms with Crippen LogP contribution < -0.4 is 5.73 Å². The highest BCUT2D eigenvalue weighted by molar-refractivity contribution is 4.99. The Balaban J connectivity index is 3.56. The molecule has 0 aromatic rings. The van der Waals surface area contributed by atoms with E-state index in [1.54, 1.807) is 7.11 Å². The number of ether oxygens (including phenoxy) is 1. The molecule has 10 heavy (non-hydrogen) atoms. The van der Waals surface area contributed by atoms with Crippen molar-refractivity contribution in [3.8, 4) is 0 Å². The second kappa shape index (κ2) is 4.47. The first-order chi connectivity index (χ1) is 4.57. The normalized spacial score (nSPS) is 16.4. The minimum Gasteiger partial charge on any atom is -0.382 e. The zero-order chi connectivity index (χ0) is 8.15. The molecule has 2 unspecified atom stereocenters. The summed E-state index contributed by atoms with van der Waals surface area (Å²) in [6.45, 7) is 7.70. The molecule has 0 aliphatic rings. The Morgan fingerprint density at radius 3 is 2.50 bits per heavy atom. The summed E-state index contributed by atoms with van der Waals surface area (Å²) in [7, 11) is 1.69. The predicted molar refractivity (Wildman–Crippen MR) is 43.9 cm³/mol. The van der Waals surface area contributed by atoms with Crippen LogP contribution in [0.1, 0.15) is 20.3 Å². The fraction of sp³-hybridized carbons (Fsp3) is 0.750. The molecule has 2 atom stereocenters. The standard InChI is InChI=1S/C8H17NO/c1-6(2)8(9)5-7(3)10-4/h7-8H,1,5,9H2,2-4H3. The van der Waals surface area contributed by atoms with Gasteiger partial charge in [-0.05, 0) is 20.3 Å². The van der Waals surface area contributed by atoms with E-state index in [0.717, 1.165) is 12.0 Å². The van der Waals surface area contributed by atoms with Crippen molar-refractivity contribution in [3.63, 3.8) is 0 Å². The lowest BCUT2D eigenvalue weighted by Gasteiger charge is -2.15. The summed E-state index contributed by atoms with van der Waals surface area (Å²) in [5, 5.41) is 0. The third kappa shape index (κ3) is 3.64. The molecule has 0 heterocycles. The molecule has 0 aromatic carbocycles. The number of nitrogens with two attached hydrogens (primary N) is 1. The van der Waals surface area contributed by atoms with E-state index in [9.17, 15) is 0 Å². The van der Waals surface area contributed by atoms with Crippen LogP contribution in [0.15, 0.2) is 12.2 Å². The van der Waals surface area contributed by atoms with Crippen molar-refractivity contribution in [2.24, 2.45) is 5.73 Å². The highest BCUT2D eigenvalue weighted by atomic mass is 16.5. The average molecular weight is 143 g/mol. The lowest BCUT2D eigenvalue weighted by Crippen LogP contribution is -2.26. The van der Waals surface area contributed by atoms with Crippen LogP contribution in [0.4, 0.5) is 0 Å². The SMILES string of the molecule is C=C(C)C(N)CC(C)OC. The van der Waals surface area contributed by atoms with Gasteiger partial charge in [-0.3, -0.25) is 0 Å². The van der Waals surface area contributed by atoms with Crippen molar-refractivity contribution in [2.45, 2.75) is 32.4 Å². The average Bonchev–Trinajstić information content (AvgIpc) is 1.87. The highest BCUT2D eigenvalue weighted by Crippen LogP contribution is 2.04. The van der Waals surface area contributed by atoms with E-state index in [0.29, 0.717) is 0 Å². The number of hydrogen-bond donors (Lipinski definition) is 1. The number of hydrogen-bond acceptors (Lipinski definition) is 2. The Kier molecular flexibility index (Phi) is 4.32. The van der Waals surface area contributed by atoms with Gasteiger partial charge in [-0.1, -0.05) is 12.2 Å². The van der Waals surface area contributed by atoms with Crippen LogP contribution in [0.3, 0.4) is 0 Å². The van der Waals surface area contributed by atoms with Crippen molar-refractivity contribution in [3.05, 3.63) is 12.2 Å². The maximum Gasteiger partial charge on any atom is 0.0561 e. The van der Waals surface area contributed by atoms with Crippen LogP contribution >= 0.6 is 0 Å². The monoisotopic (exact) mass is 143 g/mol. The number of rotatable bonds is 4. The van der Waals surface area contributed by atoms with Gasteiger partial charge in [0.1, 0.15) is 0 Å². The van der Waals surface area contributed by atoms with E-state index >= 15 is 0 Å². The summed E-state index contributed by atoms with van der Waals surface area (Å²) >= 11 is 0. The summed E-state index contributed by atoms with van der Waals surface area (Å²) in [4.78, 5) is 0. The lowest BCUT2D eigenvalue weighted by molar-refractivity contribution is 0.107. The topological polar surface area (TPSA) is 35.2 Å². The molecule has 0 aliphatic carbocycles. The summed E-state index contributed by atoms with van der Waals surface area (Å²) < 4.78 is 5.05. The molecule has 0 bridgehead atoms. The van der Waals surface area contributed by atoms with Gasteiger partial charge in [0, 0.05) is 13.2 Å². The molecule has 0 amide bonds. The molecule has 2 nitrogen and oxygen atoms in total. The van der Waals surface area contributed by atoms with Crippen molar-refractivity contribution >= 4 is 0 Å². The van der Waals surface area contributed by atoms with Gasteiger partial charge >= 0.3 is 0 Å². The summed E-state index contributed by atoms with van der Waals surface area (Å²) in [6, 6.07) is 0.0787. The molecule has 2 heteroatoms. The predicted octanol–water partition coefficient (Wildman–Crippen LogP) is 1.31. The molecule has 0 aromatic heterocycles. The largest absolute Gasteiger partial charge is 0.382 e. The van der Waals surface area contributed by atoms with Crippen LogP contribution in [-0.2, 0) is 4.74 Å². The van der Waals surface area contributed by atoms with Crippen molar-refractivity contribution in [2.75, 3.05) is 7.11 Å². The lowest BCUT2D eigenvalue weighted by atomic mass is 10.1. The number of methoxy groups -OCH3 is 1. The summed E-state index contributed by atoms with van der Waals surface area (Å²) in [5.41, 5.74) is 6.73. The molecule has 0 rings (SSSR count). The Morgan fingerprint density at radius 1 is 1.70 bits per heavy atom. The van der Waals surface area contributed by atoms with E-state index < -0.39 is 0 Å². The first-order valence-electron chi connectivity index (χ1n) is 3.51. The fourth-order valence-corrected chi connectivity index (χ4v) is 0.655. The molecule has 2 N–H and O–H groups in total. The molecular formula is C8H17NO. The molecular weight excluding hydrogens is 126 g/mol. The van der Waals surface area contributed by atoms with Gasteiger partial charge in [0.2, 0.25) is 0 Å². The molecule has 0 radical (unpaired) electrons. The first kappa shape index (κ1) is 9.66. The van der Waals surface area contributed by atoms with Gasteiger partial charge < -0.3 is 10.5 Å². The Morgan fingerprint density at radius 2 is 2.20 bits per heavy atom. The summed E-state index contributed by atoms with van der Waals surface area (Å²) in [5.74, 6) is 0. The molecule has 0 aliphatic heterocycles. The minimum absolute atomic E-state index is 0.0787. The smallest absolute Gasteiger partial charge is 0.0561 e. The van der Waals surface area contributed by atoms with Crippen molar-refractivity contribution in [1.82, 2.24) is 0 Å². The van der Waals surface area contributed by atoms with Crippen LogP contribution in [0.25, 0.3) is 0 Å². The Hall–Kier alpha value is -0.340. The molecule has 0 fully saturated rings. The molecule has 0 saturated carbocycles. The Bertz CT molecular complexity index is 112. The molecule has 0 spiro atoms. The van der Waals surface area contributed by atoms with E-state index in [-0.39, 0.29) is 12.1 Å². The summed E-state index contributed by atoms with van der Waals surface area (Å²) in [6.07, 6.45) is 1.08. The molecule has 60 valence electrons. The van der Waals surface area contributed by atoms with Gasteiger partial charge in [-0.25, -0.2) is 0 Å². The molecule has 0 saturated heterocycles. The van der Waals surface area contributed by atoms with Gasteiger partial charge in [0.15, 0.2) is 0 Å². The van der Waals surface area contributed by atoms with E-state index in [1.807, 2.05) is 13.8 Å². The van der Waals surface area contributed by atoms with Crippen LogP contribution in [0, 0.1) is 0 Å². The quantitative estimate of drug-likeness (QED) is 0.602. The third-order valence-electron chi connectivity index (χ3n) is 1.62. The van der Waals surface area contributed by atoms with E-state index in [1.165, 1.54) is 0 Å². The van der Waals surface area contributed by atoms with Crippen molar-refractivity contribution in [1.29, 1.82) is 0 Å². The fourth-order valence-electron chi connectivity index (χ4n) is 0.655. The van der Waals surface area contributed by atoms with Gasteiger partial charge in [0.25, 0.3) is 0 Å². The van der Waals surface area contributed by atoms with Crippen LogP contribution in [0.2, 0.25) is 0 Å². The van der Waals surface area contributed by atoms with Gasteiger partial charge in [0.05, 0.1) is 6.10 Å².